The van der Waals surface area contributed by atoms with Crippen LogP contribution in [-0.2, 0) is 0 Å². The third kappa shape index (κ3) is 3.30. The average molecular weight is 229 g/mol. The molecule has 2 aliphatic heterocycles. The van der Waals surface area contributed by atoms with E-state index in [-0.39, 0.29) is 6.61 Å². The molecule has 0 aliphatic carbocycles. The lowest BCUT2D eigenvalue weighted by Crippen LogP contribution is -2.23. The van der Waals surface area contributed by atoms with Gasteiger partial charge in [-0.2, -0.15) is 0 Å². The maximum atomic E-state index is 8.78. The average Bonchev–Trinajstić information content (AvgIpc) is 2.54. The fourth-order valence-corrected chi connectivity index (χ4v) is 1.94. The van der Waals surface area contributed by atoms with E-state index >= 15 is 0 Å². The molecule has 0 aromatic carbocycles. The van der Waals surface area contributed by atoms with Crippen molar-refractivity contribution in [3.05, 3.63) is 23.3 Å². The monoisotopic (exact) mass is 229 g/mol. The van der Waals surface area contributed by atoms with Crippen molar-refractivity contribution in [3.63, 3.8) is 0 Å². The van der Waals surface area contributed by atoms with Gasteiger partial charge >= 0.3 is 0 Å². The third-order valence-corrected chi connectivity index (χ3v) is 2.86. The fraction of sp³-hybridized carbons (Fsp3) is 0.500. The van der Waals surface area contributed by atoms with Crippen LogP contribution >= 0.6 is 0 Å². The minimum absolute atomic E-state index is 0.0540. The van der Waals surface area contributed by atoms with Gasteiger partial charge in [0.15, 0.2) is 0 Å². The van der Waals surface area contributed by atoms with Crippen LogP contribution in [-0.4, -0.2) is 44.7 Å². The first kappa shape index (κ1) is 12.1. The summed E-state index contributed by atoms with van der Waals surface area (Å²) in [6, 6.07) is 0. The Bertz CT molecular complexity index is 399. The first-order valence-electron chi connectivity index (χ1n) is 5.88. The summed E-state index contributed by atoms with van der Waals surface area (Å²) in [5.41, 5.74) is 1.65. The standard InChI is InChI=1S/C12H16BN3O/c13-10-8-14-4-3-9-1-2-12(15-5-6-17)16-11(10)7-9/h1-2,8-9,17H,3-7H2,(H,15,16). The van der Waals surface area contributed by atoms with E-state index in [0.29, 0.717) is 17.9 Å². The zero-order chi connectivity index (χ0) is 12.1. The van der Waals surface area contributed by atoms with Crippen LogP contribution in [0.1, 0.15) is 12.8 Å². The minimum Gasteiger partial charge on any atom is -0.394 e. The summed E-state index contributed by atoms with van der Waals surface area (Å²) in [6.45, 7) is 1.27. The number of fused-ring (bicyclic) bond motifs is 2. The van der Waals surface area contributed by atoms with Crippen LogP contribution in [0.4, 0.5) is 0 Å². The van der Waals surface area contributed by atoms with Crippen LogP contribution in [0.2, 0.25) is 0 Å². The Morgan fingerprint density at radius 1 is 1.59 bits per heavy atom. The van der Waals surface area contributed by atoms with Crippen molar-refractivity contribution in [1.82, 2.24) is 5.32 Å². The summed E-state index contributed by atoms with van der Waals surface area (Å²) in [5, 5.41) is 12.0. The van der Waals surface area contributed by atoms with Gasteiger partial charge in [0.1, 0.15) is 13.7 Å². The zero-order valence-electron chi connectivity index (χ0n) is 9.76. The summed E-state index contributed by atoms with van der Waals surface area (Å²) in [7, 11) is 5.95. The van der Waals surface area contributed by atoms with Gasteiger partial charge in [-0.3, -0.25) is 9.98 Å². The quantitative estimate of drug-likeness (QED) is 0.673. The maximum absolute atomic E-state index is 8.78. The molecule has 2 N–H and O–H groups in total. The van der Waals surface area contributed by atoms with E-state index in [0.717, 1.165) is 30.9 Å². The molecule has 1 atom stereocenters. The predicted molar refractivity (Wildman–Crippen MR) is 70.5 cm³/mol. The molecule has 17 heavy (non-hydrogen) atoms. The number of allylic oxidation sites excluding steroid dienone is 3. The normalized spacial score (nSPS) is 26.4. The Balaban J connectivity index is 2.25. The molecule has 2 bridgehead atoms. The number of nitrogens with one attached hydrogen (secondary N) is 1. The summed E-state index contributed by atoms with van der Waals surface area (Å²) in [4.78, 5) is 8.51. The lowest BCUT2D eigenvalue weighted by Gasteiger charge is -2.17. The van der Waals surface area contributed by atoms with Crippen LogP contribution in [0, 0.1) is 5.92 Å². The van der Waals surface area contributed by atoms with Gasteiger partial charge in [0.2, 0.25) is 0 Å². The van der Waals surface area contributed by atoms with Gasteiger partial charge in [0, 0.05) is 18.5 Å². The second kappa shape index (κ2) is 5.82. The largest absolute Gasteiger partial charge is 0.394 e. The van der Waals surface area contributed by atoms with Gasteiger partial charge in [-0.15, -0.1) is 0 Å². The molecule has 2 radical (unpaired) electrons. The molecule has 0 saturated heterocycles. The molecule has 2 aliphatic rings. The second-order valence-electron chi connectivity index (χ2n) is 4.20. The molecular weight excluding hydrogens is 213 g/mol. The number of aliphatic hydroxyl groups excluding tert-OH is 1. The first-order chi connectivity index (χ1) is 8.29. The summed E-state index contributed by atoms with van der Waals surface area (Å²) in [5.74, 6) is 1.21. The molecule has 0 spiro atoms. The number of hydrogen-bond donors (Lipinski definition) is 2. The molecule has 0 saturated carbocycles. The van der Waals surface area contributed by atoms with Crippen molar-refractivity contribution < 1.29 is 5.11 Å². The molecule has 2 heterocycles. The molecule has 0 amide bonds. The number of aliphatic hydroxyl groups is 1. The topological polar surface area (TPSA) is 57.0 Å². The Morgan fingerprint density at radius 2 is 2.47 bits per heavy atom. The van der Waals surface area contributed by atoms with Crippen LogP contribution < -0.4 is 5.32 Å². The van der Waals surface area contributed by atoms with E-state index in [4.69, 9.17) is 13.0 Å². The SMILES string of the molecule is [B]C1=C2CC(C=CC(=NCCO)N2)CCN=C1. The van der Waals surface area contributed by atoms with Crippen LogP contribution in [0.25, 0.3) is 0 Å². The smallest absolute Gasteiger partial charge is 0.124 e. The van der Waals surface area contributed by atoms with Gasteiger partial charge in [0.25, 0.3) is 0 Å². The number of nitrogens with zero attached hydrogens (tertiary/aromatic N) is 2. The van der Waals surface area contributed by atoms with Crippen LogP contribution in [0.15, 0.2) is 33.3 Å². The van der Waals surface area contributed by atoms with E-state index in [1.807, 2.05) is 6.08 Å². The van der Waals surface area contributed by atoms with Gasteiger partial charge in [-0.05, 0) is 24.8 Å². The van der Waals surface area contributed by atoms with Crippen LogP contribution in [0.3, 0.4) is 0 Å². The van der Waals surface area contributed by atoms with Crippen molar-refractivity contribution in [2.24, 2.45) is 15.9 Å². The third-order valence-electron chi connectivity index (χ3n) is 2.86. The van der Waals surface area contributed by atoms with Crippen molar-refractivity contribution in [3.8, 4) is 0 Å². The van der Waals surface area contributed by atoms with Crippen molar-refractivity contribution in [1.29, 1.82) is 0 Å². The molecule has 0 aromatic rings. The van der Waals surface area contributed by atoms with E-state index in [1.54, 1.807) is 6.21 Å². The van der Waals surface area contributed by atoms with Gasteiger partial charge in [-0.1, -0.05) is 11.5 Å². The molecule has 88 valence electrons. The highest BCUT2D eigenvalue weighted by molar-refractivity contribution is 6.33. The highest BCUT2D eigenvalue weighted by Gasteiger charge is 2.16. The predicted octanol–water partition coefficient (Wildman–Crippen LogP) is 0.398. The van der Waals surface area contributed by atoms with Crippen molar-refractivity contribution in [2.75, 3.05) is 19.7 Å². The molecule has 5 heteroatoms. The summed E-state index contributed by atoms with van der Waals surface area (Å²) in [6.07, 6.45) is 7.75. The van der Waals surface area contributed by atoms with E-state index in [2.05, 4.69) is 21.4 Å². The molecule has 2 rings (SSSR count). The zero-order valence-corrected chi connectivity index (χ0v) is 9.76. The van der Waals surface area contributed by atoms with E-state index in [9.17, 15) is 0 Å². The number of hydrogen-bond acceptors (Lipinski definition) is 3. The van der Waals surface area contributed by atoms with Crippen LogP contribution in [0.5, 0.6) is 0 Å². The lowest BCUT2D eigenvalue weighted by molar-refractivity contribution is 0.307. The second-order valence-corrected chi connectivity index (χ2v) is 4.20. The lowest BCUT2D eigenvalue weighted by atomic mass is 9.88. The minimum atomic E-state index is 0.0540. The Hall–Kier alpha value is -1.36. The van der Waals surface area contributed by atoms with E-state index in [1.165, 1.54) is 0 Å². The molecule has 1 unspecified atom stereocenters. The van der Waals surface area contributed by atoms with Crippen molar-refractivity contribution in [2.45, 2.75) is 12.8 Å². The molecule has 0 fully saturated rings. The molecule has 0 aromatic heterocycles. The Morgan fingerprint density at radius 3 is 3.29 bits per heavy atom. The Labute approximate surface area is 103 Å². The van der Waals surface area contributed by atoms with E-state index < -0.39 is 0 Å². The highest BCUT2D eigenvalue weighted by atomic mass is 16.3. The number of rotatable bonds is 2. The van der Waals surface area contributed by atoms with Crippen molar-refractivity contribution >= 4 is 19.9 Å². The molecule has 4 nitrogen and oxygen atoms in total. The summed E-state index contributed by atoms with van der Waals surface area (Å²) < 4.78 is 0. The summed E-state index contributed by atoms with van der Waals surface area (Å²) >= 11 is 0. The first-order valence-corrected chi connectivity index (χ1v) is 5.88. The van der Waals surface area contributed by atoms with Gasteiger partial charge in [-0.25, -0.2) is 0 Å². The maximum Gasteiger partial charge on any atom is 0.124 e. The Kier molecular flexibility index (Phi) is 4.15. The van der Waals surface area contributed by atoms with Gasteiger partial charge in [0.05, 0.1) is 13.2 Å². The highest BCUT2D eigenvalue weighted by Crippen LogP contribution is 2.21. The number of aliphatic imine (C=N–C) groups is 2. The number of amidine groups is 1. The fourth-order valence-electron chi connectivity index (χ4n) is 1.94. The van der Waals surface area contributed by atoms with Gasteiger partial charge < -0.3 is 10.4 Å². The molecular formula is C12H16BN3O.